The molecule has 3 rings (SSSR count). The van der Waals surface area contributed by atoms with Gasteiger partial charge in [-0.2, -0.15) is 9.97 Å². The summed E-state index contributed by atoms with van der Waals surface area (Å²) in [5.74, 6) is 0.643. The van der Waals surface area contributed by atoms with E-state index in [1.165, 1.54) is 8.66 Å². The fourth-order valence-electron chi connectivity index (χ4n) is 2.46. The standard InChI is InChI=1S/C15H18BrN3O2S/c1-20-12-8-17-15(18-9-12)21-11-4-6-19(7-5-11)10-13-2-3-14(16)22-13/h2-3,8-9,11H,4-7,10H2,1H3. The number of piperidine rings is 1. The molecule has 1 aliphatic heterocycles. The maximum Gasteiger partial charge on any atom is 0.316 e. The van der Waals surface area contributed by atoms with E-state index in [9.17, 15) is 0 Å². The Bertz CT molecular complexity index is 597. The molecule has 0 bridgehead atoms. The van der Waals surface area contributed by atoms with Crippen LogP contribution in [0.25, 0.3) is 0 Å². The van der Waals surface area contributed by atoms with Crippen molar-refractivity contribution >= 4 is 27.3 Å². The topological polar surface area (TPSA) is 47.5 Å². The number of hydrogen-bond acceptors (Lipinski definition) is 6. The quantitative estimate of drug-likeness (QED) is 0.791. The first-order valence-electron chi connectivity index (χ1n) is 7.22. The summed E-state index contributed by atoms with van der Waals surface area (Å²) in [5.41, 5.74) is 0. The average molecular weight is 384 g/mol. The van der Waals surface area contributed by atoms with E-state index in [2.05, 4.69) is 42.9 Å². The maximum absolute atomic E-state index is 5.85. The van der Waals surface area contributed by atoms with E-state index in [0.29, 0.717) is 11.8 Å². The smallest absolute Gasteiger partial charge is 0.316 e. The van der Waals surface area contributed by atoms with E-state index >= 15 is 0 Å². The van der Waals surface area contributed by atoms with Crippen molar-refractivity contribution in [3.8, 4) is 11.8 Å². The lowest BCUT2D eigenvalue weighted by Crippen LogP contribution is -2.37. The zero-order chi connectivity index (χ0) is 15.4. The Hall–Kier alpha value is -1.18. The van der Waals surface area contributed by atoms with Gasteiger partial charge < -0.3 is 9.47 Å². The Kier molecular flexibility index (Phi) is 5.28. The van der Waals surface area contributed by atoms with E-state index in [4.69, 9.17) is 9.47 Å². The van der Waals surface area contributed by atoms with Gasteiger partial charge in [-0.1, -0.05) is 0 Å². The zero-order valence-corrected chi connectivity index (χ0v) is 14.8. The van der Waals surface area contributed by atoms with Crippen LogP contribution in [0.1, 0.15) is 17.7 Å². The molecule has 0 amide bonds. The largest absolute Gasteiger partial charge is 0.494 e. The van der Waals surface area contributed by atoms with Crippen LogP contribution in [0.5, 0.6) is 11.8 Å². The number of aromatic nitrogens is 2. The first kappa shape index (κ1) is 15.7. The van der Waals surface area contributed by atoms with Crippen LogP contribution in [0.3, 0.4) is 0 Å². The molecule has 1 saturated heterocycles. The van der Waals surface area contributed by atoms with Crippen molar-refractivity contribution in [1.29, 1.82) is 0 Å². The van der Waals surface area contributed by atoms with Crippen LogP contribution in [0, 0.1) is 0 Å². The molecule has 2 aromatic rings. The molecule has 0 N–H and O–H groups in total. The van der Waals surface area contributed by atoms with Gasteiger partial charge in [0.25, 0.3) is 0 Å². The summed E-state index contributed by atoms with van der Waals surface area (Å²) >= 11 is 5.31. The molecule has 118 valence electrons. The third-order valence-corrected chi connectivity index (χ3v) is 5.26. The summed E-state index contributed by atoms with van der Waals surface area (Å²) < 4.78 is 12.1. The molecule has 0 aliphatic carbocycles. The highest BCUT2D eigenvalue weighted by molar-refractivity contribution is 9.11. The molecule has 0 radical (unpaired) electrons. The molecular formula is C15H18BrN3O2S. The molecule has 7 heteroatoms. The molecule has 0 unspecified atom stereocenters. The number of thiophene rings is 1. The van der Waals surface area contributed by atoms with Gasteiger partial charge in [-0.3, -0.25) is 4.90 Å². The molecule has 22 heavy (non-hydrogen) atoms. The van der Waals surface area contributed by atoms with Crippen molar-refractivity contribution in [2.24, 2.45) is 0 Å². The minimum atomic E-state index is 0.194. The third-order valence-electron chi connectivity index (χ3n) is 3.66. The van der Waals surface area contributed by atoms with Crippen molar-refractivity contribution in [2.45, 2.75) is 25.5 Å². The van der Waals surface area contributed by atoms with Crippen LogP contribution in [-0.4, -0.2) is 41.2 Å². The second kappa shape index (κ2) is 7.39. The van der Waals surface area contributed by atoms with Gasteiger partial charge in [-0.15, -0.1) is 11.3 Å². The second-order valence-corrected chi connectivity index (χ2v) is 7.75. The number of rotatable bonds is 5. The van der Waals surface area contributed by atoms with Gasteiger partial charge in [0.2, 0.25) is 0 Å². The summed E-state index contributed by atoms with van der Waals surface area (Å²) in [5, 5.41) is 0. The Morgan fingerprint density at radius 1 is 1.27 bits per heavy atom. The number of nitrogens with zero attached hydrogens (tertiary/aromatic N) is 3. The summed E-state index contributed by atoms with van der Waals surface area (Å²) in [7, 11) is 1.60. The second-order valence-electron chi connectivity index (χ2n) is 5.20. The molecule has 2 aromatic heterocycles. The minimum absolute atomic E-state index is 0.194. The van der Waals surface area contributed by atoms with Crippen LogP contribution in [0.15, 0.2) is 28.3 Å². The van der Waals surface area contributed by atoms with Crippen LogP contribution < -0.4 is 9.47 Å². The normalized spacial score (nSPS) is 16.6. The Labute approximate surface area is 142 Å². The van der Waals surface area contributed by atoms with E-state index in [0.717, 1.165) is 32.5 Å². The summed E-state index contributed by atoms with van der Waals surface area (Å²) in [6, 6.07) is 4.72. The van der Waals surface area contributed by atoms with Crippen LogP contribution in [0.4, 0.5) is 0 Å². The number of methoxy groups -OCH3 is 1. The van der Waals surface area contributed by atoms with Gasteiger partial charge in [0.1, 0.15) is 6.10 Å². The SMILES string of the molecule is COc1cnc(OC2CCN(Cc3ccc(Br)s3)CC2)nc1. The summed E-state index contributed by atoms with van der Waals surface area (Å²) in [4.78, 5) is 12.2. The van der Waals surface area contributed by atoms with Gasteiger partial charge in [-0.05, 0) is 40.9 Å². The fourth-order valence-corrected chi connectivity index (χ4v) is 3.99. The number of likely N-dealkylation sites (tertiary alicyclic amines) is 1. The highest BCUT2D eigenvalue weighted by atomic mass is 79.9. The molecule has 1 aliphatic rings. The van der Waals surface area contributed by atoms with Crippen molar-refractivity contribution < 1.29 is 9.47 Å². The number of halogens is 1. The average Bonchev–Trinajstić information content (AvgIpc) is 2.95. The van der Waals surface area contributed by atoms with Gasteiger partial charge in [0.15, 0.2) is 5.75 Å². The first-order valence-corrected chi connectivity index (χ1v) is 8.83. The predicted molar refractivity (Wildman–Crippen MR) is 89.5 cm³/mol. The molecule has 3 heterocycles. The van der Waals surface area contributed by atoms with Crippen molar-refractivity contribution in [3.05, 3.63) is 33.2 Å². The Morgan fingerprint density at radius 2 is 2.00 bits per heavy atom. The fraction of sp³-hybridized carbons (Fsp3) is 0.467. The summed E-state index contributed by atoms with van der Waals surface area (Å²) in [6.07, 6.45) is 5.46. The molecule has 0 spiro atoms. The van der Waals surface area contributed by atoms with Crippen LogP contribution >= 0.6 is 27.3 Å². The Morgan fingerprint density at radius 3 is 2.59 bits per heavy atom. The lowest BCUT2D eigenvalue weighted by atomic mass is 10.1. The van der Waals surface area contributed by atoms with Crippen molar-refractivity contribution in [2.75, 3.05) is 20.2 Å². The predicted octanol–water partition coefficient (Wildman–Crippen LogP) is 3.35. The number of ether oxygens (including phenoxy) is 2. The van der Waals surface area contributed by atoms with Gasteiger partial charge in [0.05, 0.1) is 23.3 Å². The highest BCUT2D eigenvalue weighted by Crippen LogP contribution is 2.25. The van der Waals surface area contributed by atoms with Gasteiger partial charge >= 0.3 is 6.01 Å². The number of hydrogen-bond donors (Lipinski definition) is 0. The molecular weight excluding hydrogens is 366 g/mol. The van der Waals surface area contributed by atoms with Gasteiger partial charge in [-0.25, -0.2) is 0 Å². The molecule has 0 saturated carbocycles. The minimum Gasteiger partial charge on any atom is -0.494 e. The molecule has 0 aromatic carbocycles. The zero-order valence-electron chi connectivity index (χ0n) is 12.4. The lowest BCUT2D eigenvalue weighted by Gasteiger charge is -2.31. The lowest BCUT2D eigenvalue weighted by molar-refractivity contribution is 0.0896. The van der Waals surface area contributed by atoms with E-state index in [1.54, 1.807) is 30.8 Å². The summed E-state index contributed by atoms with van der Waals surface area (Å²) in [6.45, 7) is 3.09. The van der Waals surface area contributed by atoms with Crippen LogP contribution in [0.2, 0.25) is 0 Å². The highest BCUT2D eigenvalue weighted by Gasteiger charge is 2.21. The van der Waals surface area contributed by atoms with Crippen molar-refractivity contribution in [1.82, 2.24) is 14.9 Å². The third kappa shape index (κ3) is 4.18. The molecule has 5 nitrogen and oxygen atoms in total. The maximum atomic E-state index is 5.85. The monoisotopic (exact) mass is 383 g/mol. The van der Waals surface area contributed by atoms with Crippen molar-refractivity contribution in [3.63, 3.8) is 0 Å². The molecule has 1 fully saturated rings. The van der Waals surface area contributed by atoms with E-state index in [-0.39, 0.29) is 6.10 Å². The van der Waals surface area contributed by atoms with Crippen LogP contribution in [-0.2, 0) is 6.54 Å². The first-order chi connectivity index (χ1) is 10.7. The molecule has 0 atom stereocenters. The Balaban J connectivity index is 1.46. The van der Waals surface area contributed by atoms with Gasteiger partial charge in [0, 0.05) is 24.5 Å². The van der Waals surface area contributed by atoms with E-state index < -0.39 is 0 Å². The van der Waals surface area contributed by atoms with E-state index in [1.807, 2.05) is 0 Å².